The number of carboxylic acids is 1. The highest BCUT2D eigenvalue weighted by Crippen LogP contribution is 2.21. The molecule has 0 saturated carbocycles. The Morgan fingerprint density at radius 3 is 2.82 bits per heavy atom. The summed E-state index contributed by atoms with van der Waals surface area (Å²) < 4.78 is 0. The first-order valence-corrected chi connectivity index (χ1v) is 4.89. The van der Waals surface area contributed by atoms with Gasteiger partial charge in [-0.3, -0.25) is 10.1 Å². The van der Waals surface area contributed by atoms with E-state index in [1.165, 1.54) is 0 Å². The number of hydrogen-bond donors (Lipinski definition) is 3. The number of nitrogens with one attached hydrogen (secondary N) is 1. The number of anilines is 1. The smallest absolute Gasteiger partial charge is 0.354 e. The van der Waals surface area contributed by atoms with Crippen molar-refractivity contribution in [3.8, 4) is 0 Å². The summed E-state index contributed by atoms with van der Waals surface area (Å²) in [6, 6.07) is 2.20. The van der Waals surface area contributed by atoms with Gasteiger partial charge in [-0.2, -0.15) is 0 Å². The summed E-state index contributed by atoms with van der Waals surface area (Å²) >= 11 is 0. The number of nitrogens with zero attached hydrogens (tertiary/aromatic N) is 2. The molecular weight excluding hydrogens is 228 g/mol. The lowest BCUT2D eigenvalue weighted by Crippen LogP contribution is -2.12. The Morgan fingerprint density at radius 1 is 1.59 bits per heavy atom. The largest absolute Gasteiger partial charge is 0.477 e. The molecular formula is C9H12N4O4. The monoisotopic (exact) mass is 240 g/mol. The summed E-state index contributed by atoms with van der Waals surface area (Å²) in [5.74, 6) is -1.29. The molecule has 0 atom stereocenters. The molecule has 0 aliphatic carbocycles. The SMILES string of the molecule is NCCCNc1nc(C(=O)O)ccc1[N+](=O)[O-]. The van der Waals surface area contributed by atoms with Gasteiger partial charge in [0.1, 0.15) is 0 Å². The summed E-state index contributed by atoms with van der Waals surface area (Å²) in [5.41, 5.74) is 4.78. The Kier molecular flexibility index (Phi) is 4.35. The highest BCUT2D eigenvalue weighted by Gasteiger charge is 2.17. The topological polar surface area (TPSA) is 131 Å². The first-order valence-electron chi connectivity index (χ1n) is 4.89. The lowest BCUT2D eigenvalue weighted by molar-refractivity contribution is -0.384. The number of carboxylic acid groups (broad SMARTS) is 1. The van der Waals surface area contributed by atoms with Crippen LogP contribution in [-0.4, -0.2) is 34.1 Å². The average Bonchev–Trinajstić information content (AvgIpc) is 2.28. The van der Waals surface area contributed by atoms with E-state index in [4.69, 9.17) is 10.8 Å². The summed E-state index contributed by atoms with van der Waals surface area (Å²) in [4.78, 5) is 24.4. The van der Waals surface area contributed by atoms with Gasteiger partial charge in [-0.15, -0.1) is 0 Å². The van der Waals surface area contributed by atoms with Crippen LogP contribution in [0.25, 0.3) is 0 Å². The number of pyridine rings is 1. The fourth-order valence-corrected chi connectivity index (χ4v) is 1.16. The maximum atomic E-state index is 10.7. The van der Waals surface area contributed by atoms with Gasteiger partial charge in [-0.05, 0) is 19.0 Å². The normalized spacial score (nSPS) is 9.94. The first-order chi connectivity index (χ1) is 8.06. The summed E-state index contributed by atoms with van der Waals surface area (Å²) in [7, 11) is 0. The number of aromatic nitrogens is 1. The summed E-state index contributed by atoms with van der Waals surface area (Å²) in [6.45, 7) is 0.826. The standard InChI is InChI=1S/C9H12N4O4/c10-4-1-5-11-8-7(13(16)17)3-2-6(12-8)9(14)15/h2-3H,1,4-5,10H2,(H,11,12)(H,14,15). The molecule has 4 N–H and O–H groups in total. The van der Waals surface area contributed by atoms with E-state index < -0.39 is 10.9 Å². The van der Waals surface area contributed by atoms with Gasteiger partial charge in [0.05, 0.1) is 4.92 Å². The zero-order valence-electron chi connectivity index (χ0n) is 8.92. The maximum Gasteiger partial charge on any atom is 0.354 e. The maximum absolute atomic E-state index is 10.7. The van der Waals surface area contributed by atoms with Gasteiger partial charge < -0.3 is 16.2 Å². The molecule has 8 nitrogen and oxygen atoms in total. The van der Waals surface area contributed by atoms with Crippen LogP contribution in [0.2, 0.25) is 0 Å². The molecule has 0 fully saturated rings. The van der Waals surface area contributed by atoms with E-state index in [1.54, 1.807) is 0 Å². The Labute approximate surface area is 96.6 Å². The van der Waals surface area contributed by atoms with Crippen molar-refractivity contribution >= 4 is 17.5 Å². The van der Waals surface area contributed by atoms with E-state index in [0.717, 1.165) is 12.1 Å². The second-order valence-corrected chi connectivity index (χ2v) is 3.20. The van der Waals surface area contributed by atoms with Crippen molar-refractivity contribution < 1.29 is 14.8 Å². The molecule has 0 unspecified atom stereocenters. The van der Waals surface area contributed by atoms with Crippen molar-refractivity contribution in [1.82, 2.24) is 4.98 Å². The molecule has 0 aromatic carbocycles. The van der Waals surface area contributed by atoms with Gasteiger partial charge >= 0.3 is 11.7 Å². The van der Waals surface area contributed by atoms with Crippen molar-refractivity contribution in [2.75, 3.05) is 18.4 Å². The molecule has 1 rings (SSSR count). The Balaban J connectivity index is 2.98. The van der Waals surface area contributed by atoms with Crippen LogP contribution >= 0.6 is 0 Å². The highest BCUT2D eigenvalue weighted by atomic mass is 16.6. The van der Waals surface area contributed by atoms with Gasteiger partial charge in [0.2, 0.25) is 5.82 Å². The fourth-order valence-electron chi connectivity index (χ4n) is 1.16. The van der Waals surface area contributed by atoms with Crippen molar-refractivity contribution in [1.29, 1.82) is 0 Å². The van der Waals surface area contributed by atoms with Crippen LogP contribution < -0.4 is 11.1 Å². The quantitative estimate of drug-likeness (QED) is 0.373. The molecule has 0 saturated heterocycles. The van der Waals surface area contributed by atoms with Crippen molar-refractivity contribution in [3.05, 3.63) is 27.9 Å². The predicted molar refractivity (Wildman–Crippen MR) is 60.0 cm³/mol. The number of rotatable bonds is 6. The van der Waals surface area contributed by atoms with E-state index >= 15 is 0 Å². The van der Waals surface area contributed by atoms with Crippen molar-refractivity contribution in [3.63, 3.8) is 0 Å². The Morgan fingerprint density at radius 2 is 2.29 bits per heavy atom. The van der Waals surface area contributed by atoms with Gasteiger partial charge in [-0.1, -0.05) is 0 Å². The molecule has 0 aliphatic heterocycles. The number of nitro groups is 1. The van der Waals surface area contributed by atoms with Gasteiger partial charge in [-0.25, -0.2) is 9.78 Å². The third-order valence-electron chi connectivity index (χ3n) is 1.96. The zero-order chi connectivity index (χ0) is 12.8. The molecule has 8 heteroatoms. The van der Waals surface area contributed by atoms with Crippen molar-refractivity contribution in [2.24, 2.45) is 5.73 Å². The van der Waals surface area contributed by atoms with Crippen LogP contribution in [0.5, 0.6) is 0 Å². The van der Waals surface area contributed by atoms with Crippen molar-refractivity contribution in [2.45, 2.75) is 6.42 Å². The van der Waals surface area contributed by atoms with Crippen LogP contribution in [-0.2, 0) is 0 Å². The van der Waals surface area contributed by atoms with Crippen LogP contribution in [0.3, 0.4) is 0 Å². The van der Waals surface area contributed by atoms with Crippen LogP contribution in [0.15, 0.2) is 12.1 Å². The number of aromatic carboxylic acids is 1. The molecule has 0 aliphatic rings. The molecule has 0 spiro atoms. The second kappa shape index (κ2) is 5.75. The molecule has 92 valence electrons. The summed E-state index contributed by atoms with van der Waals surface area (Å²) in [5, 5.41) is 22.1. The van der Waals surface area contributed by atoms with E-state index in [-0.39, 0.29) is 17.2 Å². The average molecular weight is 240 g/mol. The first kappa shape index (κ1) is 12.8. The minimum Gasteiger partial charge on any atom is -0.477 e. The fraction of sp³-hybridized carbons (Fsp3) is 0.333. The van der Waals surface area contributed by atoms with Crippen LogP contribution in [0, 0.1) is 10.1 Å². The van der Waals surface area contributed by atoms with Gasteiger partial charge in [0.15, 0.2) is 5.69 Å². The van der Waals surface area contributed by atoms with Gasteiger partial charge in [0, 0.05) is 12.6 Å². The van der Waals surface area contributed by atoms with E-state index in [0.29, 0.717) is 19.5 Å². The molecule has 1 aromatic heterocycles. The molecule has 17 heavy (non-hydrogen) atoms. The number of carbonyl (C=O) groups is 1. The molecule has 1 aromatic rings. The molecule has 0 radical (unpaired) electrons. The highest BCUT2D eigenvalue weighted by molar-refractivity contribution is 5.86. The van der Waals surface area contributed by atoms with Crippen LogP contribution in [0.1, 0.15) is 16.9 Å². The lowest BCUT2D eigenvalue weighted by Gasteiger charge is -2.05. The van der Waals surface area contributed by atoms with Crippen LogP contribution in [0.4, 0.5) is 11.5 Å². The van der Waals surface area contributed by atoms with E-state index in [2.05, 4.69) is 10.3 Å². The number of hydrogen-bond acceptors (Lipinski definition) is 6. The molecule has 0 bridgehead atoms. The Bertz CT molecular complexity index is 435. The Hall–Kier alpha value is -2.22. The van der Waals surface area contributed by atoms with Gasteiger partial charge in [0.25, 0.3) is 0 Å². The predicted octanol–water partition coefficient (Wildman–Crippen LogP) is 0.449. The third kappa shape index (κ3) is 3.38. The molecule has 0 amide bonds. The second-order valence-electron chi connectivity index (χ2n) is 3.20. The minimum atomic E-state index is -1.23. The number of nitrogens with two attached hydrogens (primary N) is 1. The van der Waals surface area contributed by atoms with E-state index in [1.807, 2.05) is 0 Å². The summed E-state index contributed by atoms with van der Waals surface area (Å²) in [6.07, 6.45) is 0.607. The zero-order valence-corrected chi connectivity index (χ0v) is 8.92. The minimum absolute atomic E-state index is 0.0525. The molecule has 1 heterocycles. The third-order valence-corrected chi connectivity index (χ3v) is 1.96. The van der Waals surface area contributed by atoms with E-state index in [9.17, 15) is 14.9 Å². The lowest BCUT2D eigenvalue weighted by atomic mass is 10.3.